The Bertz CT molecular complexity index is 947. The van der Waals surface area contributed by atoms with E-state index in [0.29, 0.717) is 13.1 Å². The molecule has 1 atom stereocenters. The van der Waals surface area contributed by atoms with Gasteiger partial charge in [-0.05, 0) is 64.6 Å². The van der Waals surface area contributed by atoms with E-state index >= 15 is 0 Å². The number of halogens is 1. The fourth-order valence-electron chi connectivity index (χ4n) is 3.16. The zero-order valence-corrected chi connectivity index (χ0v) is 19.4. The van der Waals surface area contributed by atoms with Gasteiger partial charge in [0.2, 0.25) is 15.9 Å². The second-order valence-electron chi connectivity index (χ2n) is 7.07. The van der Waals surface area contributed by atoms with Crippen LogP contribution in [0.5, 0.6) is 0 Å². The number of hydrogen-bond acceptors (Lipinski definition) is 5. The van der Waals surface area contributed by atoms with Gasteiger partial charge in [0.15, 0.2) is 0 Å². The fraction of sp³-hybridized carbons (Fsp3) is 0.350. The summed E-state index contributed by atoms with van der Waals surface area (Å²) in [7, 11) is 0.188. The monoisotopic (exact) mass is 528 g/mol. The van der Waals surface area contributed by atoms with E-state index in [9.17, 15) is 13.2 Å². The van der Waals surface area contributed by atoms with Crippen LogP contribution in [0.2, 0.25) is 0 Å². The van der Waals surface area contributed by atoms with E-state index in [1.54, 1.807) is 24.3 Å². The summed E-state index contributed by atoms with van der Waals surface area (Å²) in [6.07, 6.45) is 0. The molecule has 1 unspecified atom stereocenters. The normalized spacial score (nSPS) is 17.7. The Labute approximate surface area is 185 Å². The number of piperazine rings is 1. The molecule has 1 aliphatic rings. The van der Waals surface area contributed by atoms with Gasteiger partial charge in [-0.25, -0.2) is 8.42 Å². The third-order valence-electron chi connectivity index (χ3n) is 4.84. The molecule has 1 aliphatic heterocycles. The molecule has 2 aromatic carbocycles. The van der Waals surface area contributed by atoms with Gasteiger partial charge in [0, 0.05) is 49.5 Å². The molecule has 1 amide bonds. The summed E-state index contributed by atoms with van der Waals surface area (Å²) < 4.78 is 28.5. The molecule has 3 rings (SSSR count). The van der Waals surface area contributed by atoms with Crippen molar-refractivity contribution >= 4 is 44.2 Å². The van der Waals surface area contributed by atoms with Crippen molar-refractivity contribution < 1.29 is 13.2 Å². The molecular weight excluding hydrogens is 503 g/mol. The van der Waals surface area contributed by atoms with E-state index in [1.165, 1.54) is 4.31 Å². The van der Waals surface area contributed by atoms with Gasteiger partial charge < -0.3 is 15.5 Å². The second kappa shape index (κ2) is 9.41. The van der Waals surface area contributed by atoms with E-state index in [0.717, 1.165) is 14.8 Å². The largest absolute Gasteiger partial charge is 0.378 e. The van der Waals surface area contributed by atoms with Crippen molar-refractivity contribution in [3.63, 3.8) is 0 Å². The molecule has 0 bridgehead atoms. The van der Waals surface area contributed by atoms with Crippen molar-refractivity contribution in [1.29, 1.82) is 0 Å². The maximum atomic E-state index is 13.1. The fourth-order valence-corrected chi connectivity index (χ4v) is 5.11. The minimum Gasteiger partial charge on any atom is -0.378 e. The topological polar surface area (TPSA) is 81.8 Å². The van der Waals surface area contributed by atoms with Crippen LogP contribution in [0.15, 0.2) is 53.4 Å². The molecule has 0 radical (unpaired) electrons. The number of nitrogens with one attached hydrogen (secondary N) is 2. The molecule has 0 spiro atoms. The average molecular weight is 528 g/mol. The Kier molecular flexibility index (Phi) is 7.14. The lowest BCUT2D eigenvalue weighted by Gasteiger charge is -2.34. The summed E-state index contributed by atoms with van der Waals surface area (Å²) in [5.41, 5.74) is 2.03. The van der Waals surface area contributed by atoms with E-state index in [-0.39, 0.29) is 23.9 Å². The van der Waals surface area contributed by atoms with Crippen molar-refractivity contribution in [2.75, 3.05) is 38.6 Å². The zero-order chi connectivity index (χ0) is 21.0. The third-order valence-corrected chi connectivity index (χ3v) is 7.48. The first kappa shape index (κ1) is 22.0. The van der Waals surface area contributed by atoms with Gasteiger partial charge in [-0.3, -0.25) is 4.79 Å². The van der Waals surface area contributed by atoms with Crippen LogP contribution in [-0.2, 0) is 21.4 Å². The van der Waals surface area contributed by atoms with E-state index in [2.05, 4.69) is 33.2 Å². The highest BCUT2D eigenvalue weighted by Gasteiger charge is 2.37. The minimum atomic E-state index is -3.75. The summed E-state index contributed by atoms with van der Waals surface area (Å²) in [5.74, 6) is -0.303. The quantitative estimate of drug-likeness (QED) is 0.558. The Morgan fingerprint density at radius 2 is 1.83 bits per heavy atom. The van der Waals surface area contributed by atoms with Gasteiger partial charge in [0.25, 0.3) is 0 Å². The van der Waals surface area contributed by atoms with Crippen molar-refractivity contribution in [2.24, 2.45) is 0 Å². The maximum absolute atomic E-state index is 13.1. The van der Waals surface area contributed by atoms with Crippen LogP contribution in [-0.4, -0.2) is 58.4 Å². The first-order valence-electron chi connectivity index (χ1n) is 9.31. The first-order valence-corrected chi connectivity index (χ1v) is 11.8. The second-order valence-corrected chi connectivity index (χ2v) is 10.2. The smallest absolute Gasteiger partial charge is 0.243 e. The van der Waals surface area contributed by atoms with Gasteiger partial charge in [-0.2, -0.15) is 4.31 Å². The van der Waals surface area contributed by atoms with Gasteiger partial charge in [0.1, 0.15) is 6.04 Å². The van der Waals surface area contributed by atoms with Crippen LogP contribution in [0, 0.1) is 3.57 Å². The summed E-state index contributed by atoms with van der Waals surface area (Å²) in [6.45, 7) is 1.40. The Morgan fingerprint density at radius 1 is 1.17 bits per heavy atom. The highest BCUT2D eigenvalue weighted by molar-refractivity contribution is 14.1. The van der Waals surface area contributed by atoms with Crippen LogP contribution < -0.4 is 15.5 Å². The minimum absolute atomic E-state index is 0.205. The maximum Gasteiger partial charge on any atom is 0.243 e. The van der Waals surface area contributed by atoms with Crippen molar-refractivity contribution in [2.45, 2.75) is 17.5 Å². The molecule has 1 heterocycles. The first-order chi connectivity index (χ1) is 13.8. The molecule has 7 nitrogen and oxygen atoms in total. The number of benzene rings is 2. The number of sulfonamides is 1. The molecule has 156 valence electrons. The number of hydrogen-bond donors (Lipinski definition) is 2. The number of carbonyl (C=O) groups is 1. The lowest BCUT2D eigenvalue weighted by atomic mass is 10.2. The molecular formula is C20H25IN4O3S. The highest BCUT2D eigenvalue weighted by Crippen LogP contribution is 2.21. The molecule has 0 aromatic heterocycles. The molecule has 1 fully saturated rings. The predicted molar refractivity (Wildman–Crippen MR) is 122 cm³/mol. The average Bonchev–Trinajstić information content (AvgIpc) is 2.72. The van der Waals surface area contributed by atoms with Crippen LogP contribution >= 0.6 is 22.6 Å². The van der Waals surface area contributed by atoms with E-state index < -0.39 is 16.1 Å². The lowest BCUT2D eigenvalue weighted by molar-refractivity contribution is -0.125. The molecule has 0 aliphatic carbocycles. The number of rotatable bonds is 6. The van der Waals surface area contributed by atoms with Gasteiger partial charge >= 0.3 is 0 Å². The van der Waals surface area contributed by atoms with Crippen LogP contribution in [0.4, 0.5) is 5.69 Å². The summed E-state index contributed by atoms with van der Waals surface area (Å²) in [5, 5.41) is 6.00. The molecule has 29 heavy (non-hydrogen) atoms. The number of amides is 1. The molecule has 2 aromatic rings. The molecule has 0 saturated carbocycles. The standard InChI is InChI=1S/C20H25IN4O3S/c1-24(2)17-7-3-15(4-8-17)13-23-20(26)19-14-22-11-12-25(19)29(27,28)18-9-5-16(21)6-10-18/h3-10,19,22H,11-14H2,1-2H3,(H,23,26). The van der Waals surface area contributed by atoms with Gasteiger partial charge in [-0.15, -0.1) is 0 Å². The Morgan fingerprint density at radius 3 is 2.45 bits per heavy atom. The molecule has 9 heteroatoms. The number of nitrogens with zero attached hydrogens (tertiary/aromatic N) is 2. The van der Waals surface area contributed by atoms with Crippen molar-refractivity contribution in [3.05, 3.63) is 57.7 Å². The zero-order valence-electron chi connectivity index (χ0n) is 16.4. The van der Waals surface area contributed by atoms with Crippen molar-refractivity contribution in [1.82, 2.24) is 14.9 Å². The van der Waals surface area contributed by atoms with Crippen LogP contribution in [0.1, 0.15) is 5.56 Å². The predicted octanol–water partition coefficient (Wildman–Crippen LogP) is 1.64. The highest BCUT2D eigenvalue weighted by atomic mass is 127. The molecule has 1 saturated heterocycles. The third kappa shape index (κ3) is 5.27. The Balaban J connectivity index is 1.71. The lowest BCUT2D eigenvalue weighted by Crippen LogP contribution is -2.59. The molecule has 2 N–H and O–H groups in total. The summed E-state index contributed by atoms with van der Waals surface area (Å²) >= 11 is 2.13. The summed E-state index contributed by atoms with van der Waals surface area (Å²) in [4.78, 5) is 15.0. The van der Waals surface area contributed by atoms with Crippen molar-refractivity contribution in [3.8, 4) is 0 Å². The van der Waals surface area contributed by atoms with Crippen LogP contribution in [0.3, 0.4) is 0 Å². The van der Waals surface area contributed by atoms with E-state index in [4.69, 9.17) is 0 Å². The SMILES string of the molecule is CN(C)c1ccc(CNC(=O)C2CNCCN2S(=O)(=O)c2ccc(I)cc2)cc1. The van der Waals surface area contributed by atoms with Crippen LogP contribution in [0.25, 0.3) is 0 Å². The summed E-state index contributed by atoms with van der Waals surface area (Å²) in [6, 6.07) is 13.8. The number of carbonyl (C=O) groups excluding carboxylic acids is 1. The van der Waals surface area contributed by atoms with Gasteiger partial charge in [0.05, 0.1) is 4.90 Å². The van der Waals surface area contributed by atoms with E-state index in [1.807, 2.05) is 43.3 Å². The number of anilines is 1. The Hall–Kier alpha value is -1.69. The van der Waals surface area contributed by atoms with Gasteiger partial charge in [-0.1, -0.05) is 12.1 Å².